The van der Waals surface area contributed by atoms with Gasteiger partial charge in [-0.15, -0.1) is 0 Å². The van der Waals surface area contributed by atoms with Gasteiger partial charge in [0.15, 0.2) is 5.78 Å². The summed E-state index contributed by atoms with van der Waals surface area (Å²) in [5.41, 5.74) is 2.98. The lowest BCUT2D eigenvalue weighted by Crippen LogP contribution is -1.96. The summed E-state index contributed by atoms with van der Waals surface area (Å²) in [6.07, 6.45) is 3.49. The average molecular weight is 250 g/mol. The van der Waals surface area contributed by atoms with Crippen LogP contribution >= 0.6 is 0 Å². The Balaban J connectivity index is 2.16. The monoisotopic (exact) mass is 250 g/mol. The molecule has 1 heteroatoms. The van der Waals surface area contributed by atoms with Gasteiger partial charge in [-0.3, -0.25) is 4.79 Å². The van der Waals surface area contributed by atoms with Crippen molar-refractivity contribution >= 4 is 11.9 Å². The van der Waals surface area contributed by atoms with E-state index in [2.05, 4.69) is 19.9 Å². The van der Waals surface area contributed by atoms with Crippen molar-refractivity contribution in [2.75, 3.05) is 0 Å². The zero-order valence-corrected chi connectivity index (χ0v) is 11.3. The van der Waals surface area contributed by atoms with Crippen LogP contribution in [0.15, 0.2) is 60.7 Å². The first-order valence-electron chi connectivity index (χ1n) is 6.54. The molecule has 0 radical (unpaired) electrons. The molecule has 0 saturated heterocycles. The molecule has 2 aromatic rings. The van der Waals surface area contributed by atoms with Gasteiger partial charge >= 0.3 is 0 Å². The van der Waals surface area contributed by atoms with E-state index in [-0.39, 0.29) is 5.78 Å². The topological polar surface area (TPSA) is 17.1 Å². The van der Waals surface area contributed by atoms with Gasteiger partial charge in [0.1, 0.15) is 0 Å². The van der Waals surface area contributed by atoms with E-state index in [1.54, 1.807) is 6.08 Å². The fourth-order valence-corrected chi connectivity index (χ4v) is 1.88. The van der Waals surface area contributed by atoms with Crippen LogP contribution in [0.1, 0.15) is 41.3 Å². The number of allylic oxidation sites excluding steroid dienone is 1. The third-order valence-electron chi connectivity index (χ3n) is 3.06. The average Bonchev–Trinajstić information content (AvgIpc) is 2.46. The van der Waals surface area contributed by atoms with Gasteiger partial charge in [-0.25, -0.2) is 0 Å². The Kier molecular flexibility index (Phi) is 4.30. The molecule has 1 nitrogen and oxygen atoms in total. The highest BCUT2D eigenvalue weighted by Gasteiger charge is 2.04. The maximum absolute atomic E-state index is 12.1. The summed E-state index contributed by atoms with van der Waals surface area (Å²) in [5, 5.41) is 0. The van der Waals surface area contributed by atoms with Gasteiger partial charge in [0.25, 0.3) is 0 Å². The molecule has 2 rings (SSSR count). The van der Waals surface area contributed by atoms with Crippen LogP contribution in [0.3, 0.4) is 0 Å². The van der Waals surface area contributed by atoms with E-state index in [0.29, 0.717) is 5.92 Å². The van der Waals surface area contributed by atoms with E-state index in [0.717, 1.165) is 11.1 Å². The summed E-state index contributed by atoms with van der Waals surface area (Å²) in [5.74, 6) is 0.484. The molecule has 0 aliphatic heterocycles. The molecule has 19 heavy (non-hydrogen) atoms. The van der Waals surface area contributed by atoms with Crippen molar-refractivity contribution in [3.05, 3.63) is 77.4 Å². The highest BCUT2D eigenvalue weighted by Crippen LogP contribution is 2.16. The predicted octanol–water partition coefficient (Wildman–Crippen LogP) is 4.71. The van der Waals surface area contributed by atoms with E-state index in [1.807, 2.05) is 54.6 Å². The number of rotatable bonds is 4. The normalized spacial score (nSPS) is 11.1. The summed E-state index contributed by atoms with van der Waals surface area (Å²) < 4.78 is 0. The summed E-state index contributed by atoms with van der Waals surface area (Å²) >= 11 is 0. The maximum atomic E-state index is 12.1. The second-order valence-corrected chi connectivity index (χ2v) is 4.89. The highest BCUT2D eigenvalue weighted by atomic mass is 16.1. The van der Waals surface area contributed by atoms with E-state index in [1.165, 1.54) is 5.56 Å². The van der Waals surface area contributed by atoms with Crippen LogP contribution in [0, 0.1) is 0 Å². The van der Waals surface area contributed by atoms with Crippen molar-refractivity contribution in [1.29, 1.82) is 0 Å². The number of hydrogen-bond donors (Lipinski definition) is 0. The minimum atomic E-state index is 0.0475. The van der Waals surface area contributed by atoms with Gasteiger partial charge in [-0.2, -0.15) is 0 Å². The van der Waals surface area contributed by atoms with Crippen molar-refractivity contribution in [2.45, 2.75) is 19.8 Å². The molecule has 0 fully saturated rings. The lowest BCUT2D eigenvalue weighted by molar-refractivity contribution is 0.104. The molecule has 0 unspecified atom stereocenters. The molecular weight excluding hydrogens is 232 g/mol. The van der Waals surface area contributed by atoms with Crippen LogP contribution in [0.2, 0.25) is 0 Å². The third-order valence-corrected chi connectivity index (χ3v) is 3.06. The number of carbonyl (C=O) groups is 1. The molecule has 96 valence electrons. The van der Waals surface area contributed by atoms with Crippen LogP contribution in [-0.4, -0.2) is 5.78 Å². The van der Waals surface area contributed by atoms with Crippen molar-refractivity contribution in [3.8, 4) is 0 Å². The first kappa shape index (κ1) is 13.3. The fourth-order valence-electron chi connectivity index (χ4n) is 1.88. The third kappa shape index (κ3) is 3.65. The summed E-state index contributed by atoms with van der Waals surface area (Å²) in [7, 11) is 0. The zero-order chi connectivity index (χ0) is 13.7. The molecule has 0 aliphatic carbocycles. The van der Waals surface area contributed by atoms with Gasteiger partial charge in [0.05, 0.1) is 0 Å². The van der Waals surface area contributed by atoms with Gasteiger partial charge in [0.2, 0.25) is 0 Å². The van der Waals surface area contributed by atoms with Crippen molar-refractivity contribution in [2.24, 2.45) is 0 Å². The van der Waals surface area contributed by atoms with Crippen LogP contribution in [0.4, 0.5) is 0 Å². The molecule has 0 heterocycles. The van der Waals surface area contributed by atoms with Gasteiger partial charge in [-0.1, -0.05) is 68.5 Å². The van der Waals surface area contributed by atoms with E-state index in [4.69, 9.17) is 0 Å². The molecule has 0 aromatic heterocycles. The Morgan fingerprint density at radius 2 is 1.74 bits per heavy atom. The van der Waals surface area contributed by atoms with Gasteiger partial charge in [-0.05, 0) is 29.2 Å². The number of carbonyl (C=O) groups excluding carboxylic acids is 1. The number of benzene rings is 2. The minimum absolute atomic E-state index is 0.0475. The Morgan fingerprint density at radius 1 is 1.00 bits per heavy atom. The Morgan fingerprint density at radius 3 is 2.42 bits per heavy atom. The second kappa shape index (κ2) is 6.14. The zero-order valence-electron chi connectivity index (χ0n) is 11.3. The van der Waals surface area contributed by atoms with Crippen LogP contribution < -0.4 is 0 Å². The second-order valence-electron chi connectivity index (χ2n) is 4.89. The van der Waals surface area contributed by atoms with Crippen molar-refractivity contribution in [3.63, 3.8) is 0 Å². The molecule has 0 atom stereocenters. The maximum Gasteiger partial charge on any atom is 0.185 e. The largest absolute Gasteiger partial charge is 0.289 e. The smallest absolute Gasteiger partial charge is 0.185 e. The molecule has 0 bridgehead atoms. The van der Waals surface area contributed by atoms with E-state index in [9.17, 15) is 4.79 Å². The number of hydrogen-bond acceptors (Lipinski definition) is 1. The summed E-state index contributed by atoms with van der Waals surface area (Å²) in [6, 6.07) is 17.7. The van der Waals surface area contributed by atoms with Crippen molar-refractivity contribution in [1.82, 2.24) is 0 Å². The van der Waals surface area contributed by atoms with E-state index >= 15 is 0 Å². The van der Waals surface area contributed by atoms with E-state index < -0.39 is 0 Å². The summed E-state index contributed by atoms with van der Waals surface area (Å²) in [4.78, 5) is 12.1. The first-order valence-corrected chi connectivity index (χ1v) is 6.54. The summed E-state index contributed by atoms with van der Waals surface area (Å²) in [6.45, 7) is 4.26. The standard InChI is InChI=1S/C18H18O/c1-14(2)16-9-6-10-17(13-16)18(19)12-11-15-7-4-3-5-8-15/h3-14H,1-2H3/b12-11+. The molecular formula is C18H18O. The Labute approximate surface area is 114 Å². The quantitative estimate of drug-likeness (QED) is 0.567. The lowest BCUT2D eigenvalue weighted by atomic mass is 9.99. The Bertz CT molecular complexity index is 580. The molecule has 2 aromatic carbocycles. The van der Waals surface area contributed by atoms with Crippen LogP contribution in [0.25, 0.3) is 6.08 Å². The number of ketones is 1. The molecule has 0 aliphatic rings. The van der Waals surface area contributed by atoms with Gasteiger partial charge < -0.3 is 0 Å². The van der Waals surface area contributed by atoms with Crippen molar-refractivity contribution < 1.29 is 4.79 Å². The minimum Gasteiger partial charge on any atom is -0.289 e. The molecule has 0 spiro atoms. The first-order chi connectivity index (χ1) is 9.16. The lowest BCUT2D eigenvalue weighted by Gasteiger charge is -2.06. The van der Waals surface area contributed by atoms with Crippen LogP contribution in [0.5, 0.6) is 0 Å². The SMILES string of the molecule is CC(C)c1cccc(C(=O)/C=C/c2ccccc2)c1. The van der Waals surface area contributed by atoms with Gasteiger partial charge in [0, 0.05) is 5.56 Å². The predicted molar refractivity (Wildman–Crippen MR) is 80.3 cm³/mol. The highest BCUT2D eigenvalue weighted by molar-refractivity contribution is 6.06. The Hall–Kier alpha value is -2.15. The molecule has 0 saturated carbocycles. The molecule has 0 N–H and O–H groups in total. The molecule has 0 amide bonds. The van der Waals surface area contributed by atoms with Crippen LogP contribution in [-0.2, 0) is 0 Å². The fraction of sp³-hybridized carbons (Fsp3) is 0.167.